The van der Waals surface area contributed by atoms with Crippen molar-refractivity contribution >= 4 is 17.3 Å². The number of anilines is 1. The molecule has 1 fully saturated rings. The van der Waals surface area contributed by atoms with Gasteiger partial charge in [0.25, 0.3) is 0 Å². The molecule has 1 aromatic carbocycles. The molecule has 1 aliphatic carbocycles. The molecule has 0 aromatic heterocycles. The zero-order valence-corrected chi connectivity index (χ0v) is 11.5. The predicted octanol–water partition coefficient (Wildman–Crippen LogP) is 3.11. The molecular formula is C14H18ClN3. The van der Waals surface area contributed by atoms with E-state index in [0.29, 0.717) is 16.6 Å². The van der Waals surface area contributed by atoms with Crippen LogP contribution in [0, 0.1) is 11.3 Å². The maximum absolute atomic E-state index is 9.06. The van der Waals surface area contributed by atoms with Gasteiger partial charge in [0.15, 0.2) is 0 Å². The van der Waals surface area contributed by atoms with E-state index in [1.807, 2.05) is 6.07 Å². The van der Waals surface area contributed by atoms with E-state index in [2.05, 4.69) is 30.3 Å². The highest BCUT2D eigenvalue weighted by Crippen LogP contribution is 2.27. The Morgan fingerprint density at radius 3 is 2.89 bits per heavy atom. The highest BCUT2D eigenvalue weighted by molar-refractivity contribution is 6.30. The molecule has 1 aliphatic rings. The molecule has 1 unspecified atom stereocenters. The van der Waals surface area contributed by atoms with Crippen molar-refractivity contribution in [3.05, 3.63) is 28.8 Å². The van der Waals surface area contributed by atoms with Gasteiger partial charge in [0.05, 0.1) is 11.3 Å². The lowest BCUT2D eigenvalue weighted by Gasteiger charge is -2.25. The average molecular weight is 264 g/mol. The summed E-state index contributed by atoms with van der Waals surface area (Å²) in [6, 6.07) is 8.74. The summed E-state index contributed by atoms with van der Waals surface area (Å²) in [5.41, 5.74) is 1.46. The van der Waals surface area contributed by atoms with E-state index in [-0.39, 0.29) is 0 Å². The zero-order chi connectivity index (χ0) is 13.1. The standard InChI is InChI=1S/C14H18ClN3/c1-10(18(2)13-4-5-13)9-17-14-6-3-12(15)7-11(14)8-16/h3,6-7,10,13,17H,4-5,9H2,1-2H3. The van der Waals surface area contributed by atoms with Gasteiger partial charge in [0.2, 0.25) is 0 Å². The first-order valence-corrected chi connectivity index (χ1v) is 6.65. The number of rotatable bonds is 5. The Bertz CT molecular complexity index is 463. The number of nitrogens with zero attached hydrogens (tertiary/aromatic N) is 2. The van der Waals surface area contributed by atoms with Gasteiger partial charge >= 0.3 is 0 Å². The van der Waals surface area contributed by atoms with Crippen molar-refractivity contribution in [2.24, 2.45) is 0 Å². The van der Waals surface area contributed by atoms with Crippen LogP contribution in [0.5, 0.6) is 0 Å². The summed E-state index contributed by atoms with van der Waals surface area (Å²) < 4.78 is 0. The molecule has 0 aliphatic heterocycles. The Hall–Kier alpha value is -1.24. The van der Waals surface area contributed by atoms with Gasteiger partial charge in [-0.1, -0.05) is 11.6 Å². The summed E-state index contributed by atoms with van der Waals surface area (Å²) in [7, 11) is 2.16. The van der Waals surface area contributed by atoms with Crippen molar-refractivity contribution in [1.29, 1.82) is 5.26 Å². The number of nitrogens with one attached hydrogen (secondary N) is 1. The number of hydrogen-bond donors (Lipinski definition) is 1. The van der Waals surface area contributed by atoms with Crippen LogP contribution in [0.1, 0.15) is 25.3 Å². The van der Waals surface area contributed by atoms with Gasteiger partial charge in [-0.05, 0) is 45.0 Å². The number of halogens is 1. The highest BCUT2D eigenvalue weighted by Gasteiger charge is 2.28. The minimum Gasteiger partial charge on any atom is -0.382 e. The lowest BCUT2D eigenvalue weighted by Crippen LogP contribution is -2.36. The van der Waals surface area contributed by atoms with E-state index in [1.165, 1.54) is 12.8 Å². The quantitative estimate of drug-likeness (QED) is 0.887. The van der Waals surface area contributed by atoms with Gasteiger partial charge in [-0.25, -0.2) is 0 Å². The minimum absolute atomic E-state index is 0.458. The Balaban J connectivity index is 1.95. The minimum atomic E-state index is 0.458. The van der Waals surface area contributed by atoms with Crippen molar-refractivity contribution in [2.45, 2.75) is 31.8 Å². The summed E-state index contributed by atoms with van der Waals surface area (Å²) >= 11 is 5.87. The van der Waals surface area contributed by atoms with Crippen molar-refractivity contribution in [2.75, 3.05) is 18.9 Å². The van der Waals surface area contributed by atoms with E-state index in [9.17, 15) is 0 Å². The highest BCUT2D eigenvalue weighted by atomic mass is 35.5. The van der Waals surface area contributed by atoms with E-state index < -0.39 is 0 Å². The van der Waals surface area contributed by atoms with Gasteiger partial charge in [0, 0.05) is 23.7 Å². The first kappa shape index (κ1) is 13.2. The van der Waals surface area contributed by atoms with Crippen LogP contribution in [0.2, 0.25) is 5.02 Å². The molecule has 18 heavy (non-hydrogen) atoms. The van der Waals surface area contributed by atoms with Crippen molar-refractivity contribution in [1.82, 2.24) is 4.90 Å². The van der Waals surface area contributed by atoms with Crippen LogP contribution in [-0.4, -0.2) is 30.6 Å². The molecule has 1 saturated carbocycles. The number of likely N-dealkylation sites (N-methyl/N-ethyl adjacent to an activating group) is 1. The second-order valence-corrected chi connectivity index (χ2v) is 5.36. The van der Waals surface area contributed by atoms with Crippen LogP contribution in [0.25, 0.3) is 0 Å². The largest absolute Gasteiger partial charge is 0.382 e. The SMILES string of the molecule is CC(CNc1ccc(Cl)cc1C#N)N(C)C1CC1. The Morgan fingerprint density at radius 1 is 1.56 bits per heavy atom. The molecule has 0 spiro atoms. The smallest absolute Gasteiger partial charge is 0.101 e. The van der Waals surface area contributed by atoms with Gasteiger partial charge < -0.3 is 5.32 Å². The lowest BCUT2D eigenvalue weighted by atomic mass is 10.2. The molecule has 0 amide bonds. The molecule has 2 rings (SSSR count). The monoisotopic (exact) mass is 263 g/mol. The van der Waals surface area contributed by atoms with Gasteiger partial charge in [-0.2, -0.15) is 5.26 Å². The second kappa shape index (κ2) is 5.60. The van der Waals surface area contributed by atoms with Crippen molar-refractivity contribution in [3.8, 4) is 6.07 Å². The van der Waals surface area contributed by atoms with E-state index in [0.717, 1.165) is 18.3 Å². The van der Waals surface area contributed by atoms with Crippen LogP contribution < -0.4 is 5.32 Å². The molecule has 0 heterocycles. The van der Waals surface area contributed by atoms with Gasteiger partial charge in [-0.15, -0.1) is 0 Å². The molecule has 0 radical (unpaired) electrons. The first-order chi connectivity index (χ1) is 8.61. The van der Waals surface area contributed by atoms with E-state index >= 15 is 0 Å². The van der Waals surface area contributed by atoms with E-state index in [4.69, 9.17) is 16.9 Å². The number of nitriles is 1. The first-order valence-electron chi connectivity index (χ1n) is 6.27. The maximum atomic E-state index is 9.06. The molecule has 4 heteroatoms. The summed E-state index contributed by atoms with van der Waals surface area (Å²) in [5, 5.41) is 13.0. The fraction of sp³-hybridized carbons (Fsp3) is 0.500. The third-order valence-electron chi connectivity index (χ3n) is 3.51. The number of benzene rings is 1. The zero-order valence-electron chi connectivity index (χ0n) is 10.8. The molecular weight excluding hydrogens is 246 g/mol. The second-order valence-electron chi connectivity index (χ2n) is 4.93. The normalized spacial score (nSPS) is 16.4. The van der Waals surface area contributed by atoms with E-state index in [1.54, 1.807) is 12.1 Å². The Morgan fingerprint density at radius 2 is 2.28 bits per heavy atom. The molecule has 0 saturated heterocycles. The molecule has 1 aromatic rings. The topological polar surface area (TPSA) is 39.1 Å². The third kappa shape index (κ3) is 3.16. The summed E-state index contributed by atoms with van der Waals surface area (Å²) in [6.45, 7) is 3.04. The van der Waals surface area contributed by atoms with Gasteiger partial charge in [0.1, 0.15) is 6.07 Å². The summed E-state index contributed by atoms with van der Waals surface area (Å²) in [5.74, 6) is 0. The maximum Gasteiger partial charge on any atom is 0.101 e. The molecule has 1 atom stereocenters. The van der Waals surface area contributed by atoms with Crippen LogP contribution in [0.15, 0.2) is 18.2 Å². The summed E-state index contributed by atoms with van der Waals surface area (Å²) in [4.78, 5) is 2.40. The molecule has 0 bridgehead atoms. The Kier molecular flexibility index (Phi) is 4.11. The average Bonchev–Trinajstić information content (AvgIpc) is 3.20. The Labute approximate surface area is 113 Å². The number of hydrogen-bond acceptors (Lipinski definition) is 3. The third-order valence-corrected chi connectivity index (χ3v) is 3.74. The predicted molar refractivity (Wildman–Crippen MR) is 74.9 cm³/mol. The van der Waals surface area contributed by atoms with Crippen LogP contribution in [-0.2, 0) is 0 Å². The fourth-order valence-corrected chi connectivity index (χ4v) is 2.18. The lowest BCUT2D eigenvalue weighted by molar-refractivity contribution is 0.257. The van der Waals surface area contributed by atoms with Crippen LogP contribution in [0.3, 0.4) is 0 Å². The molecule has 96 valence electrons. The molecule has 3 nitrogen and oxygen atoms in total. The molecule has 1 N–H and O–H groups in total. The summed E-state index contributed by atoms with van der Waals surface area (Å²) in [6.07, 6.45) is 2.62. The van der Waals surface area contributed by atoms with Gasteiger partial charge in [-0.3, -0.25) is 4.90 Å². The van der Waals surface area contributed by atoms with Crippen LogP contribution >= 0.6 is 11.6 Å². The van der Waals surface area contributed by atoms with Crippen molar-refractivity contribution in [3.63, 3.8) is 0 Å². The van der Waals surface area contributed by atoms with Crippen LogP contribution in [0.4, 0.5) is 5.69 Å². The fourth-order valence-electron chi connectivity index (χ4n) is 2.01. The van der Waals surface area contributed by atoms with Crippen molar-refractivity contribution < 1.29 is 0 Å².